The Bertz CT molecular complexity index is 701. The third-order valence-corrected chi connectivity index (χ3v) is 4.51. The van der Waals surface area contributed by atoms with Gasteiger partial charge in [-0.3, -0.25) is 4.79 Å². The number of amides is 1. The smallest absolute Gasteiger partial charge is 0.261 e. The fraction of sp³-hybridized carbons (Fsp3) is 0.316. The van der Waals surface area contributed by atoms with E-state index in [1.54, 1.807) is 19.1 Å². The third kappa shape index (κ3) is 3.67. The highest BCUT2D eigenvalue weighted by molar-refractivity contribution is 6.32. The Labute approximate surface area is 141 Å². The molecule has 0 aliphatic heterocycles. The minimum Gasteiger partial charge on any atom is -0.479 e. The molecule has 4 heteroatoms. The van der Waals surface area contributed by atoms with Gasteiger partial charge in [0.1, 0.15) is 5.75 Å². The van der Waals surface area contributed by atoms with Crippen molar-refractivity contribution in [2.24, 2.45) is 0 Å². The van der Waals surface area contributed by atoms with Gasteiger partial charge in [-0.15, -0.1) is 0 Å². The van der Waals surface area contributed by atoms with Gasteiger partial charge in [-0.05, 0) is 49.4 Å². The molecule has 0 aromatic heterocycles. The Morgan fingerprint density at radius 1 is 1.22 bits per heavy atom. The minimum atomic E-state index is -0.594. The number of benzene rings is 2. The highest BCUT2D eigenvalue weighted by atomic mass is 35.5. The zero-order valence-corrected chi connectivity index (χ0v) is 13.8. The molecule has 2 atom stereocenters. The number of fused-ring (bicyclic) bond motifs is 1. The standard InChI is InChI=1S/C19H20ClNO2/c1-13(23-18-12-5-4-10-16(18)20)19(22)21-17-11-6-8-14-7-2-3-9-15(14)17/h2-5,7,9-10,12-13,17H,6,8,11H2,1H3,(H,21,22)/t13-,17-/m1/s1. The lowest BCUT2D eigenvalue weighted by molar-refractivity contribution is -0.128. The molecule has 1 amide bonds. The van der Waals surface area contributed by atoms with Crippen LogP contribution in [0.4, 0.5) is 0 Å². The molecule has 23 heavy (non-hydrogen) atoms. The zero-order chi connectivity index (χ0) is 16.2. The summed E-state index contributed by atoms with van der Waals surface area (Å²) in [6.45, 7) is 1.74. The molecule has 2 aromatic rings. The first-order valence-corrected chi connectivity index (χ1v) is 8.32. The lowest BCUT2D eigenvalue weighted by Gasteiger charge is -2.27. The Morgan fingerprint density at radius 2 is 1.96 bits per heavy atom. The van der Waals surface area contributed by atoms with E-state index in [0.717, 1.165) is 19.3 Å². The van der Waals surface area contributed by atoms with Crippen molar-refractivity contribution in [3.05, 3.63) is 64.7 Å². The van der Waals surface area contributed by atoms with Crippen molar-refractivity contribution >= 4 is 17.5 Å². The molecule has 0 spiro atoms. The summed E-state index contributed by atoms with van der Waals surface area (Å²) in [7, 11) is 0. The van der Waals surface area contributed by atoms with E-state index in [1.165, 1.54) is 11.1 Å². The van der Waals surface area contributed by atoms with Crippen LogP contribution >= 0.6 is 11.6 Å². The van der Waals surface area contributed by atoms with Gasteiger partial charge in [0.25, 0.3) is 5.91 Å². The number of rotatable bonds is 4. The topological polar surface area (TPSA) is 38.3 Å². The first-order valence-electron chi connectivity index (χ1n) is 7.94. The quantitative estimate of drug-likeness (QED) is 0.908. The molecule has 0 unspecified atom stereocenters. The van der Waals surface area contributed by atoms with E-state index < -0.39 is 6.10 Å². The number of para-hydroxylation sites is 1. The molecular formula is C19H20ClNO2. The average Bonchev–Trinajstić information content (AvgIpc) is 2.57. The van der Waals surface area contributed by atoms with E-state index in [-0.39, 0.29) is 11.9 Å². The molecule has 1 aliphatic carbocycles. The van der Waals surface area contributed by atoms with Crippen LogP contribution < -0.4 is 10.1 Å². The molecule has 3 nitrogen and oxygen atoms in total. The summed E-state index contributed by atoms with van der Waals surface area (Å²) in [4.78, 5) is 12.5. The minimum absolute atomic E-state index is 0.0599. The maximum Gasteiger partial charge on any atom is 0.261 e. The van der Waals surface area contributed by atoms with Crippen molar-refractivity contribution < 1.29 is 9.53 Å². The normalized spacial score (nSPS) is 17.9. The SMILES string of the molecule is C[C@@H](Oc1ccccc1Cl)C(=O)N[C@@H]1CCCc2ccccc21. The molecule has 1 N–H and O–H groups in total. The van der Waals surface area contributed by atoms with E-state index in [0.29, 0.717) is 10.8 Å². The fourth-order valence-corrected chi connectivity index (χ4v) is 3.16. The van der Waals surface area contributed by atoms with Gasteiger partial charge in [0.2, 0.25) is 0 Å². The first kappa shape index (κ1) is 15.9. The molecule has 3 rings (SSSR count). The number of hydrogen-bond acceptors (Lipinski definition) is 2. The van der Waals surface area contributed by atoms with Crippen LogP contribution in [0.25, 0.3) is 0 Å². The van der Waals surface area contributed by atoms with Gasteiger partial charge in [-0.1, -0.05) is 48.0 Å². The van der Waals surface area contributed by atoms with Crippen molar-refractivity contribution in [2.45, 2.75) is 38.3 Å². The number of nitrogens with one attached hydrogen (secondary N) is 1. The molecule has 0 saturated carbocycles. The van der Waals surface area contributed by atoms with E-state index in [9.17, 15) is 4.79 Å². The number of hydrogen-bond donors (Lipinski definition) is 1. The van der Waals surface area contributed by atoms with Crippen LogP contribution in [0.2, 0.25) is 5.02 Å². The highest BCUT2D eigenvalue weighted by Gasteiger charge is 2.24. The van der Waals surface area contributed by atoms with Crippen molar-refractivity contribution in [2.75, 3.05) is 0 Å². The lowest BCUT2D eigenvalue weighted by atomic mass is 9.87. The van der Waals surface area contributed by atoms with Crippen molar-refractivity contribution in [1.29, 1.82) is 0 Å². The van der Waals surface area contributed by atoms with Gasteiger partial charge in [-0.25, -0.2) is 0 Å². The maximum atomic E-state index is 12.5. The predicted molar refractivity (Wildman–Crippen MR) is 91.8 cm³/mol. The molecule has 1 aliphatic rings. The van der Waals surface area contributed by atoms with E-state index in [2.05, 4.69) is 17.4 Å². The number of carbonyl (C=O) groups excluding carboxylic acids is 1. The van der Waals surface area contributed by atoms with Crippen LogP contribution in [0.1, 0.15) is 36.9 Å². The summed E-state index contributed by atoms with van der Waals surface area (Å²) in [5.74, 6) is 0.410. The summed E-state index contributed by atoms with van der Waals surface area (Å²) >= 11 is 6.08. The van der Waals surface area contributed by atoms with Gasteiger partial charge in [0.15, 0.2) is 6.10 Å². The second kappa shape index (κ2) is 7.05. The largest absolute Gasteiger partial charge is 0.479 e. The second-order valence-electron chi connectivity index (χ2n) is 5.84. The predicted octanol–water partition coefficient (Wildman–Crippen LogP) is 4.30. The fourth-order valence-electron chi connectivity index (χ4n) is 2.98. The number of ether oxygens (including phenoxy) is 1. The van der Waals surface area contributed by atoms with Gasteiger partial charge in [0.05, 0.1) is 11.1 Å². The Hall–Kier alpha value is -2.00. The van der Waals surface area contributed by atoms with Gasteiger partial charge in [-0.2, -0.15) is 0 Å². The molecular weight excluding hydrogens is 310 g/mol. The van der Waals surface area contributed by atoms with Crippen LogP contribution in [0.5, 0.6) is 5.75 Å². The molecule has 120 valence electrons. The molecule has 2 aromatic carbocycles. The molecule has 0 heterocycles. The number of carbonyl (C=O) groups is 1. The van der Waals surface area contributed by atoms with Crippen LogP contribution in [0, 0.1) is 0 Å². The summed E-state index contributed by atoms with van der Waals surface area (Å²) in [5, 5.41) is 3.62. The van der Waals surface area contributed by atoms with Crippen LogP contribution in [0.3, 0.4) is 0 Å². The summed E-state index contributed by atoms with van der Waals surface area (Å²) in [6.07, 6.45) is 2.53. The number of halogens is 1. The van der Waals surface area contributed by atoms with Crippen LogP contribution in [-0.4, -0.2) is 12.0 Å². The van der Waals surface area contributed by atoms with Gasteiger partial charge in [0, 0.05) is 0 Å². The summed E-state index contributed by atoms with van der Waals surface area (Å²) in [5.41, 5.74) is 2.54. The average molecular weight is 330 g/mol. The Morgan fingerprint density at radius 3 is 2.78 bits per heavy atom. The van der Waals surface area contributed by atoms with Crippen LogP contribution in [0.15, 0.2) is 48.5 Å². The van der Waals surface area contributed by atoms with Gasteiger partial charge >= 0.3 is 0 Å². The lowest BCUT2D eigenvalue weighted by Crippen LogP contribution is -2.39. The third-order valence-electron chi connectivity index (χ3n) is 4.20. The molecule has 0 bridgehead atoms. The Balaban J connectivity index is 1.67. The zero-order valence-electron chi connectivity index (χ0n) is 13.1. The van der Waals surface area contributed by atoms with Crippen LogP contribution in [-0.2, 0) is 11.2 Å². The van der Waals surface area contributed by atoms with Crippen molar-refractivity contribution in [3.63, 3.8) is 0 Å². The van der Waals surface area contributed by atoms with E-state index in [4.69, 9.17) is 16.3 Å². The summed E-state index contributed by atoms with van der Waals surface area (Å²) in [6, 6.07) is 15.5. The Kier molecular flexibility index (Phi) is 4.87. The van der Waals surface area contributed by atoms with Gasteiger partial charge < -0.3 is 10.1 Å². The summed E-state index contributed by atoms with van der Waals surface area (Å²) < 4.78 is 5.69. The van der Waals surface area contributed by atoms with E-state index in [1.807, 2.05) is 24.3 Å². The molecule has 0 radical (unpaired) electrons. The molecule has 0 fully saturated rings. The van der Waals surface area contributed by atoms with Crippen molar-refractivity contribution in [3.8, 4) is 5.75 Å². The monoisotopic (exact) mass is 329 g/mol. The maximum absolute atomic E-state index is 12.5. The van der Waals surface area contributed by atoms with Crippen molar-refractivity contribution in [1.82, 2.24) is 5.32 Å². The van der Waals surface area contributed by atoms with E-state index >= 15 is 0 Å². The second-order valence-corrected chi connectivity index (χ2v) is 6.25. The first-order chi connectivity index (χ1) is 11.1. The molecule has 0 saturated heterocycles. The highest BCUT2D eigenvalue weighted by Crippen LogP contribution is 2.30. The number of aryl methyl sites for hydroxylation is 1.